The number of benzene rings is 1. The normalized spacial score (nSPS) is 22.0. The molecule has 2 saturated heterocycles. The van der Waals surface area contributed by atoms with Crippen molar-refractivity contribution in [2.24, 2.45) is 10.4 Å². The summed E-state index contributed by atoms with van der Waals surface area (Å²) in [6.45, 7) is 5.24. The van der Waals surface area contributed by atoms with Gasteiger partial charge in [-0.05, 0) is 43.5 Å². The summed E-state index contributed by atoms with van der Waals surface area (Å²) in [6.07, 6.45) is 3.18. The zero-order valence-electron chi connectivity index (χ0n) is 15.7. The van der Waals surface area contributed by atoms with Gasteiger partial charge in [-0.15, -0.1) is 24.0 Å². The van der Waals surface area contributed by atoms with E-state index in [0.29, 0.717) is 17.5 Å². The summed E-state index contributed by atoms with van der Waals surface area (Å²) in [4.78, 5) is 18.8. The number of nitrogens with one attached hydrogen (secondary N) is 2. The van der Waals surface area contributed by atoms with Gasteiger partial charge >= 0.3 is 0 Å². The molecule has 150 valence electrons. The number of amides is 1. The number of ether oxygens (including phenoxy) is 1. The predicted molar refractivity (Wildman–Crippen MR) is 122 cm³/mol. The highest BCUT2D eigenvalue weighted by atomic mass is 127. The zero-order valence-corrected chi connectivity index (χ0v) is 19.6. The van der Waals surface area contributed by atoms with Crippen molar-refractivity contribution in [2.45, 2.75) is 19.3 Å². The molecule has 2 fully saturated rings. The van der Waals surface area contributed by atoms with Crippen molar-refractivity contribution in [3.8, 4) is 0 Å². The fourth-order valence-corrected chi connectivity index (χ4v) is 3.88. The highest BCUT2D eigenvalue weighted by Gasteiger charge is 2.42. The fraction of sp³-hybridized carbons (Fsp3) is 0.579. The van der Waals surface area contributed by atoms with E-state index in [0.717, 1.165) is 56.1 Å². The van der Waals surface area contributed by atoms with Gasteiger partial charge in [0, 0.05) is 55.3 Å². The molecule has 1 unspecified atom stereocenters. The number of carbonyl (C=O) groups is 1. The van der Waals surface area contributed by atoms with Gasteiger partial charge in [0.1, 0.15) is 0 Å². The smallest absolute Gasteiger partial charge is 0.251 e. The molecule has 6 nitrogen and oxygen atoms in total. The number of likely N-dealkylation sites (tertiary alicyclic amines) is 1. The van der Waals surface area contributed by atoms with Crippen LogP contribution in [0.2, 0.25) is 0 Å². The number of halogens is 2. The van der Waals surface area contributed by atoms with E-state index in [-0.39, 0.29) is 29.9 Å². The third-order valence-corrected chi connectivity index (χ3v) is 5.69. The Labute approximate surface area is 186 Å². The first-order valence-electron chi connectivity index (χ1n) is 9.19. The highest BCUT2D eigenvalue weighted by Crippen LogP contribution is 2.38. The maximum Gasteiger partial charge on any atom is 0.251 e. The Morgan fingerprint density at radius 1 is 1.26 bits per heavy atom. The Bertz CT molecular complexity index is 648. The quantitative estimate of drug-likeness (QED) is 0.256. The van der Waals surface area contributed by atoms with Gasteiger partial charge < -0.3 is 20.3 Å². The molecular weight excluding hydrogens is 523 g/mol. The van der Waals surface area contributed by atoms with Gasteiger partial charge in [-0.25, -0.2) is 0 Å². The molecule has 1 aromatic carbocycles. The summed E-state index contributed by atoms with van der Waals surface area (Å²) >= 11 is 3.37. The van der Waals surface area contributed by atoms with Crippen molar-refractivity contribution in [3.05, 3.63) is 34.3 Å². The summed E-state index contributed by atoms with van der Waals surface area (Å²) in [5, 5.41) is 6.37. The maximum atomic E-state index is 12.1. The second-order valence-electron chi connectivity index (χ2n) is 7.06. The molecule has 0 radical (unpaired) electrons. The van der Waals surface area contributed by atoms with E-state index in [1.165, 1.54) is 6.42 Å². The monoisotopic (exact) mass is 550 g/mol. The lowest BCUT2D eigenvalue weighted by Crippen LogP contribution is -2.42. The molecule has 0 saturated carbocycles. The van der Waals surface area contributed by atoms with Crippen LogP contribution in [0.25, 0.3) is 0 Å². The minimum absolute atomic E-state index is 0. The Morgan fingerprint density at radius 3 is 2.67 bits per heavy atom. The van der Waals surface area contributed by atoms with Gasteiger partial charge in [0.2, 0.25) is 0 Å². The number of carbonyl (C=O) groups excluding carboxylic acids is 1. The van der Waals surface area contributed by atoms with E-state index >= 15 is 0 Å². The Morgan fingerprint density at radius 2 is 2.00 bits per heavy atom. The number of aliphatic imine (C=N–C) groups is 1. The van der Waals surface area contributed by atoms with E-state index in [4.69, 9.17) is 4.74 Å². The van der Waals surface area contributed by atoms with Crippen LogP contribution in [-0.2, 0) is 4.74 Å². The molecule has 27 heavy (non-hydrogen) atoms. The number of hydrogen-bond donors (Lipinski definition) is 2. The Balaban J connectivity index is 0.00000261. The lowest BCUT2D eigenvalue weighted by Gasteiger charge is -2.25. The highest BCUT2D eigenvalue weighted by molar-refractivity contribution is 14.0. The molecule has 2 aliphatic heterocycles. The molecule has 0 aromatic heterocycles. The number of rotatable bonds is 5. The number of nitrogens with zero attached hydrogens (tertiary/aromatic N) is 2. The average Bonchev–Trinajstić information content (AvgIpc) is 3.28. The molecule has 1 atom stereocenters. The van der Waals surface area contributed by atoms with E-state index in [9.17, 15) is 4.79 Å². The van der Waals surface area contributed by atoms with Crippen LogP contribution >= 0.6 is 39.9 Å². The summed E-state index contributed by atoms with van der Waals surface area (Å²) in [5.74, 6) is 0.914. The van der Waals surface area contributed by atoms with Crippen LogP contribution in [0.5, 0.6) is 0 Å². The third kappa shape index (κ3) is 6.05. The van der Waals surface area contributed by atoms with E-state index in [1.54, 1.807) is 0 Å². The van der Waals surface area contributed by atoms with Crippen molar-refractivity contribution in [3.63, 3.8) is 0 Å². The summed E-state index contributed by atoms with van der Waals surface area (Å²) < 4.78 is 6.56. The largest absolute Gasteiger partial charge is 0.381 e. The van der Waals surface area contributed by atoms with Crippen LogP contribution in [-0.4, -0.2) is 63.2 Å². The molecule has 1 spiro atoms. The molecule has 0 bridgehead atoms. The van der Waals surface area contributed by atoms with Gasteiger partial charge in [0.15, 0.2) is 5.96 Å². The van der Waals surface area contributed by atoms with Crippen LogP contribution in [0, 0.1) is 5.41 Å². The number of guanidine groups is 1. The van der Waals surface area contributed by atoms with Gasteiger partial charge in [-0.2, -0.15) is 0 Å². The van der Waals surface area contributed by atoms with Gasteiger partial charge in [-0.3, -0.25) is 9.79 Å². The summed E-state index contributed by atoms with van der Waals surface area (Å²) in [7, 11) is 1.83. The molecule has 1 amide bonds. The lowest BCUT2D eigenvalue weighted by molar-refractivity contribution is 0.0953. The van der Waals surface area contributed by atoms with Crippen LogP contribution in [0.3, 0.4) is 0 Å². The predicted octanol–water partition coefficient (Wildman–Crippen LogP) is 2.87. The first-order chi connectivity index (χ1) is 12.6. The Hall–Kier alpha value is -0.870. The summed E-state index contributed by atoms with van der Waals surface area (Å²) in [5.41, 5.74) is 1.01. The van der Waals surface area contributed by atoms with E-state index in [2.05, 4.69) is 36.5 Å². The van der Waals surface area contributed by atoms with Crippen molar-refractivity contribution < 1.29 is 9.53 Å². The second kappa shape index (κ2) is 10.6. The molecule has 2 heterocycles. The summed E-state index contributed by atoms with van der Waals surface area (Å²) in [6, 6.07) is 7.38. The van der Waals surface area contributed by atoms with Crippen LogP contribution in [0.1, 0.15) is 29.6 Å². The fourth-order valence-electron chi connectivity index (χ4n) is 3.61. The number of hydrogen-bond acceptors (Lipinski definition) is 3. The van der Waals surface area contributed by atoms with E-state index < -0.39 is 0 Å². The molecule has 1 aromatic rings. The van der Waals surface area contributed by atoms with Crippen molar-refractivity contribution >= 4 is 51.8 Å². The standard InChI is InChI=1S/C19H27BrN4O2.HI/c1-21-18(24-11-7-19(13-24)8-12-26-14-19)23-10-2-9-22-17(25)15-3-5-16(20)6-4-15;/h3-6H,2,7-14H2,1H3,(H,21,23)(H,22,25);1H. The zero-order chi connectivity index (χ0) is 18.4. The van der Waals surface area contributed by atoms with Gasteiger partial charge in [0.05, 0.1) is 6.61 Å². The lowest BCUT2D eigenvalue weighted by atomic mass is 9.87. The molecular formula is C19H28BrIN4O2. The first-order valence-corrected chi connectivity index (χ1v) is 9.98. The molecule has 0 aliphatic carbocycles. The Kier molecular flexibility index (Phi) is 8.81. The van der Waals surface area contributed by atoms with Crippen LogP contribution in [0.15, 0.2) is 33.7 Å². The van der Waals surface area contributed by atoms with E-state index in [1.807, 2.05) is 31.3 Å². The third-order valence-electron chi connectivity index (χ3n) is 5.16. The topological polar surface area (TPSA) is 66.0 Å². The molecule has 2 N–H and O–H groups in total. The van der Waals surface area contributed by atoms with Crippen molar-refractivity contribution in [1.29, 1.82) is 0 Å². The first kappa shape index (κ1) is 22.4. The van der Waals surface area contributed by atoms with Gasteiger partial charge in [0.25, 0.3) is 5.91 Å². The molecule has 2 aliphatic rings. The van der Waals surface area contributed by atoms with Crippen LogP contribution < -0.4 is 10.6 Å². The average molecular weight is 551 g/mol. The van der Waals surface area contributed by atoms with Crippen molar-refractivity contribution in [2.75, 3.05) is 46.4 Å². The maximum absolute atomic E-state index is 12.1. The van der Waals surface area contributed by atoms with Gasteiger partial charge in [-0.1, -0.05) is 15.9 Å². The second-order valence-corrected chi connectivity index (χ2v) is 7.98. The molecule has 3 rings (SSSR count). The SMILES string of the molecule is CN=C(NCCCNC(=O)c1ccc(Br)cc1)N1CCC2(CCOC2)C1.I. The van der Waals surface area contributed by atoms with Crippen LogP contribution in [0.4, 0.5) is 0 Å². The minimum atomic E-state index is -0.0374. The molecule has 8 heteroatoms. The van der Waals surface area contributed by atoms with Crippen molar-refractivity contribution in [1.82, 2.24) is 15.5 Å². The minimum Gasteiger partial charge on any atom is -0.381 e.